The minimum Gasteiger partial charge on any atom is -0.0776 e. The second-order valence-electron chi connectivity index (χ2n) is 27.7. The van der Waals surface area contributed by atoms with Crippen molar-refractivity contribution in [2.24, 2.45) is 107 Å². The molecule has 12 unspecified atom stereocenters. The first-order chi connectivity index (χ1) is 32.3. The van der Waals surface area contributed by atoms with Crippen molar-refractivity contribution in [1.82, 2.24) is 0 Å². The largest absolute Gasteiger partial charge is 0.0776 e. The van der Waals surface area contributed by atoms with Crippen molar-refractivity contribution >= 4 is 0 Å². The molecule has 0 aromatic carbocycles. The molecule has 12 aliphatic rings. The zero-order chi connectivity index (χ0) is 46.1. The summed E-state index contributed by atoms with van der Waals surface area (Å²) in [7, 11) is 0. The zero-order valence-electron chi connectivity index (χ0n) is 46.1. The number of rotatable bonds is 6. The average molecular weight is 1070 g/mol. The van der Waals surface area contributed by atoms with Crippen LogP contribution in [0.4, 0.5) is 0 Å². The van der Waals surface area contributed by atoms with Crippen LogP contribution in [0.1, 0.15) is 385 Å². The Labute approximate surface area is 489 Å². The lowest BCUT2D eigenvalue weighted by Gasteiger charge is -2.22. The molecule has 76 heavy (non-hydrogen) atoms. The molecular formula is C76H160. The summed E-state index contributed by atoms with van der Waals surface area (Å²) in [5.74, 6) is 19.9. The van der Waals surface area contributed by atoms with Gasteiger partial charge >= 0.3 is 0 Å². The van der Waals surface area contributed by atoms with E-state index in [0.29, 0.717) is 0 Å². The maximum absolute atomic E-state index is 2.47. The van der Waals surface area contributed by atoms with Gasteiger partial charge in [0.05, 0.1) is 0 Å². The molecule has 0 aromatic heterocycles. The Hall–Kier alpha value is 0. The summed E-state index contributed by atoms with van der Waals surface area (Å²) in [5, 5.41) is 0. The molecule has 0 amide bonds. The van der Waals surface area contributed by atoms with Gasteiger partial charge in [-0.2, -0.15) is 0 Å². The van der Waals surface area contributed by atoms with Gasteiger partial charge in [-0.05, 0) is 145 Å². The molecule has 12 rings (SSSR count). The van der Waals surface area contributed by atoms with E-state index in [2.05, 4.69) is 41.5 Å². The Bertz CT molecular complexity index is 980. The van der Waals surface area contributed by atoms with Crippen LogP contribution in [0.25, 0.3) is 0 Å². The molecule has 0 N–H and O–H groups in total. The summed E-state index contributed by atoms with van der Waals surface area (Å²) in [6.45, 7) is 14.8. The van der Waals surface area contributed by atoms with E-state index in [4.69, 9.17) is 0 Å². The van der Waals surface area contributed by atoms with E-state index >= 15 is 0 Å². The lowest BCUT2D eigenvalue weighted by atomic mass is 9.84. The van der Waals surface area contributed by atoms with Gasteiger partial charge in [-0.25, -0.2) is 0 Å². The lowest BCUT2D eigenvalue weighted by Crippen LogP contribution is -2.13. The normalized spacial score (nSPS) is 34.8. The lowest BCUT2D eigenvalue weighted by molar-refractivity contribution is 0.280. The van der Waals surface area contributed by atoms with E-state index in [1.54, 1.807) is 116 Å². The highest BCUT2D eigenvalue weighted by Crippen LogP contribution is 2.48. The van der Waals surface area contributed by atoms with Gasteiger partial charge in [-0.3, -0.25) is 0 Å². The van der Waals surface area contributed by atoms with Crippen LogP contribution in [0.15, 0.2) is 0 Å². The predicted molar refractivity (Wildman–Crippen MR) is 358 cm³/mol. The number of hydrogen-bond acceptors (Lipinski definition) is 0. The quantitative estimate of drug-likeness (QED) is 0.249. The van der Waals surface area contributed by atoms with E-state index in [1.165, 1.54) is 154 Å². The fourth-order valence-corrected chi connectivity index (χ4v) is 19.6. The van der Waals surface area contributed by atoms with Crippen molar-refractivity contribution in [3.63, 3.8) is 0 Å². The first-order valence-corrected chi connectivity index (χ1v) is 32.3. The third-order valence-electron chi connectivity index (χ3n) is 23.6. The van der Waals surface area contributed by atoms with E-state index in [1.807, 2.05) is 0 Å². The summed E-state index contributed by atoms with van der Waals surface area (Å²) >= 11 is 0. The third kappa shape index (κ3) is 24.8. The third-order valence-corrected chi connectivity index (χ3v) is 23.6. The van der Waals surface area contributed by atoms with Crippen LogP contribution in [0.2, 0.25) is 0 Å². The molecule has 464 valence electrons. The van der Waals surface area contributed by atoms with Gasteiger partial charge in [0, 0.05) is 0 Å². The molecule has 0 radical (unpaired) electrons. The minimum absolute atomic E-state index is 0. The van der Waals surface area contributed by atoms with Gasteiger partial charge < -0.3 is 0 Å². The van der Waals surface area contributed by atoms with Crippen LogP contribution in [0.5, 0.6) is 0 Å². The van der Waals surface area contributed by atoms with Gasteiger partial charge in [0.1, 0.15) is 0 Å². The van der Waals surface area contributed by atoms with Crippen LogP contribution in [0.3, 0.4) is 0 Å². The summed E-state index contributed by atoms with van der Waals surface area (Å²) in [4.78, 5) is 0. The first kappa shape index (κ1) is 82.5. The summed E-state index contributed by atoms with van der Waals surface area (Å²) in [6, 6.07) is 0. The molecule has 0 heteroatoms. The van der Waals surface area contributed by atoms with Gasteiger partial charge in [0.15, 0.2) is 0 Å². The van der Waals surface area contributed by atoms with Gasteiger partial charge in [0.2, 0.25) is 0 Å². The minimum atomic E-state index is 0. The highest BCUT2D eigenvalue weighted by atomic mass is 14.4. The van der Waals surface area contributed by atoms with Crippen LogP contribution in [-0.2, 0) is 0 Å². The van der Waals surface area contributed by atoms with Crippen molar-refractivity contribution < 1.29 is 0 Å². The molecule has 0 spiro atoms. The SMILES string of the molecule is C.C.C.C.C.C.C.C.C.C.CC1CCCC1C1CCCC1.CC1CCCC1C1CCCC1.CC1CCCC1C1CCCC1.CC1CCCC1C1CCCC1.CC1CCCC1C1CCCC1.CC1CCCC1C1CCCC1. The van der Waals surface area contributed by atoms with Gasteiger partial charge in [-0.1, -0.05) is 347 Å². The maximum atomic E-state index is 2.47. The van der Waals surface area contributed by atoms with Crippen molar-refractivity contribution in [2.45, 2.75) is 385 Å². The van der Waals surface area contributed by atoms with Gasteiger partial charge in [0.25, 0.3) is 0 Å². The van der Waals surface area contributed by atoms with Crippen LogP contribution in [-0.4, -0.2) is 0 Å². The Morgan fingerprint density at radius 1 is 0.132 bits per heavy atom. The van der Waals surface area contributed by atoms with E-state index in [-0.39, 0.29) is 74.3 Å². The summed E-state index contributed by atoms with van der Waals surface area (Å²) in [5.41, 5.74) is 0. The molecule has 12 fully saturated rings. The standard InChI is InChI=1S/6C11H20.10CH4/c6*1-9-5-4-8-11(9)10-6-2-3-7-10;;;;;;;;;;/h6*9-11H,2-8H2,1H3;10*1H4. The van der Waals surface area contributed by atoms with Crippen molar-refractivity contribution in [3.8, 4) is 0 Å². The average Bonchev–Trinajstić information content (AvgIpc) is 4.14. The molecule has 0 saturated heterocycles. The van der Waals surface area contributed by atoms with Gasteiger partial charge in [-0.15, -0.1) is 0 Å². The Morgan fingerprint density at radius 2 is 0.237 bits per heavy atom. The molecule has 0 aliphatic heterocycles. The first-order valence-electron chi connectivity index (χ1n) is 32.3. The second-order valence-corrected chi connectivity index (χ2v) is 27.7. The van der Waals surface area contributed by atoms with E-state index < -0.39 is 0 Å². The van der Waals surface area contributed by atoms with Crippen molar-refractivity contribution in [1.29, 1.82) is 0 Å². The highest BCUT2D eigenvalue weighted by Gasteiger charge is 2.36. The molecule has 12 atom stereocenters. The van der Waals surface area contributed by atoms with E-state index in [9.17, 15) is 0 Å². The summed E-state index contributed by atoms with van der Waals surface area (Å²) < 4.78 is 0. The zero-order valence-corrected chi connectivity index (χ0v) is 46.1. The second kappa shape index (κ2) is 44.6. The Morgan fingerprint density at radius 3 is 0.316 bits per heavy atom. The van der Waals surface area contributed by atoms with E-state index in [0.717, 1.165) is 107 Å². The monoisotopic (exact) mass is 1070 g/mol. The Balaban J connectivity index is -0.000000399. The fraction of sp³-hybridized carbons (Fsp3) is 1.00. The van der Waals surface area contributed by atoms with Crippen LogP contribution < -0.4 is 0 Å². The highest BCUT2D eigenvalue weighted by molar-refractivity contribution is 4.88. The van der Waals surface area contributed by atoms with Crippen LogP contribution >= 0.6 is 0 Å². The smallest absolute Gasteiger partial charge is 0.0360 e. The molecule has 12 aliphatic carbocycles. The Kier molecular flexibility index (Phi) is 48.4. The molecule has 12 saturated carbocycles. The van der Waals surface area contributed by atoms with Crippen molar-refractivity contribution in [2.75, 3.05) is 0 Å². The predicted octanol–water partition coefficient (Wildman–Crippen LogP) is 28.0. The fourth-order valence-electron chi connectivity index (χ4n) is 19.6. The topological polar surface area (TPSA) is 0 Å². The maximum Gasteiger partial charge on any atom is -0.0360 e. The molecule has 0 bridgehead atoms. The van der Waals surface area contributed by atoms with Crippen molar-refractivity contribution in [3.05, 3.63) is 0 Å². The summed E-state index contributed by atoms with van der Waals surface area (Å²) in [6.07, 6.45) is 64.3. The molecule has 0 aromatic rings. The molecule has 0 nitrogen and oxygen atoms in total. The molecular weight excluding hydrogens is 913 g/mol. The molecule has 0 heterocycles. The van der Waals surface area contributed by atoms with Crippen LogP contribution in [0, 0.1) is 107 Å². The number of hydrogen-bond donors (Lipinski definition) is 0.